The number of carboxylic acid groups (broad SMARTS) is 1. The molecule has 0 saturated heterocycles. The van der Waals surface area contributed by atoms with Gasteiger partial charge in [-0.2, -0.15) is 0 Å². The average molecular weight is 481 g/mol. The van der Waals surface area contributed by atoms with Crippen LogP contribution in [0.2, 0.25) is 0 Å². The number of hydrogen-bond acceptors (Lipinski definition) is 6. The number of anilines is 1. The maximum Gasteiger partial charge on any atom is 0.322 e. The van der Waals surface area contributed by atoms with E-state index in [-0.39, 0.29) is 0 Å². The third-order valence-corrected chi connectivity index (χ3v) is 5.11. The Kier molecular flexibility index (Phi) is 9.64. The van der Waals surface area contributed by atoms with E-state index in [1.807, 2.05) is 78.9 Å². The van der Waals surface area contributed by atoms with Gasteiger partial charge < -0.3 is 21.7 Å². The molecule has 0 unspecified atom stereocenters. The Hall–Kier alpha value is -4.59. The first kappa shape index (κ1) is 26.0. The minimum absolute atomic E-state index is 0.505. The Morgan fingerprint density at radius 1 is 0.667 bits per heavy atom. The van der Waals surface area contributed by atoms with Crippen molar-refractivity contribution in [3.05, 3.63) is 115 Å². The first-order valence-electron chi connectivity index (χ1n) is 11.3. The number of hydrogen-bond donors (Lipinski definition) is 4. The summed E-state index contributed by atoms with van der Waals surface area (Å²) in [6.45, 7) is -0.505. The summed E-state index contributed by atoms with van der Waals surface area (Å²) in [7, 11) is 0. The molecule has 182 valence electrons. The van der Waals surface area contributed by atoms with Crippen LogP contribution < -0.4 is 11.5 Å². The molecule has 7 nitrogen and oxygen atoms in total. The lowest BCUT2D eigenvalue weighted by Gasteiger charge is -2.02. The van der Waals surface area contributed by atoms with Gasteiger partial charge in [0.15, 0.2) is 0 Å². The van der Waals surface area contributed by atoms with Crippen LogP contribution in [0.3, 0.4) is 0 Å². The molecule has 0 fully saturated rings. The van der Waals surface area contributed by atoms with Crippen molar-refractivity contribution in [2.75, 3.05) is 12.3 Å². The average Bonchev–Trinajstić information content (AvgIpc) is 2.92. The largest absolute Gasteiger partial charge is 0.480 e. The Morgan fingerprint density at radius 2 is 1.08 bits per heavy atom. The first-order valence-corrected chi connectivity index (χ1v) is 11.3. The Bertz CT molecular complexity index is 1350. The highest BCUT2D eigenvalue weighted by Gasteiger charge is 2.07. The minimum Gasteiger partial charge on any atom is -0.480 e. The summed E-state index contributed by atoms with van der Waals surface area (Å²) < 4.78 is 0. The number of para-hydroxylation sites is 1. The van der Waals surface area contributed by atoms with Crippen LogP contribution in [0.25, 0.3) is 21.5 Å². The van der Waals surface area contributed by atoms with Crippen molar-refractivity contribution in [1.29, 1.82) is 0 Å². The van der Waals surface area contributed by atoms with E-state index in [1.54, 1.807) is 0 Å². The fourth-order valence-electron chi connectivity index (χ4n) is 3.23. The normalized spacial score (nSPS) is 11.3. The van der Waals surface area contributed by atoms with Crippen molar-refractivity contribution in [2.45, 2.75) is 6.04 Å². The Balaban J connectivity index is 0.000000212. The second-order valence-electron chi connectivity index (χ2n) is 7.73. The predicted molar refractivity (Wildman–Crippen MR) is 146 cm³/mol. The van der Waals surface area contributed by atoms with Crippen LogP contribution in [0, 0.1) is 0 Å². The monoisotopic (exact) mass is 480 g/mol. The van der Waals surface area contributed by atoms with Crippen molar-refractivity contribution in [2.24, 2.45) is 16.0 Å². The molecule has 5 aromatic rings. The second kappa shape index (κ2) is 13.3. The Labute approximate surface area is 209 Å². The van der Waals surface area contributed by atoms with Gasteiger partial charge in [-0.1, -0.05) is 91.0 Å². The van der Waals surface area contributed by atoms with Crippen LogP contribution >= 0.6 is 0 Å². The van der Waals surface area contributed by atoms with E-state index >= 15 is 0 Å². The molecular formula is C29H28N4O3. The molecule has 5 rings (SSSR count). The van der Waals surface area contributed by atoms with E-state index in [2.05, 4.69) is 46.6 Å². The molecule has 0 spiro atoms. The van der Waals surface area contributed by atoms with Gasteiger partial charge in [0, 0.05) is 16.5 Å². The van der Waals surface area contributed by atoms with Crippen molar-refractivity contribution >= 4 is 44.6 Å². The molecule has 0 bridgehead atoms. The third-order valence-electron chi connectivity index (χ3n) is 5.11. The number of nitrogen functional groups attached to an aromatic ring is 1. The van der Waals surface area contributed by atoms with Gasteiger partial charge >= 0.3 is 5.97 Å². The maximum absolute atomic E-state index is 9.65. The summed E-state index contributed by atoms with van der Waals surface area (Å²) in [6.07, 6.45) is 0. The summed E-state index contributed by atoms with van der Waals surface area (Å²) in [5.41, 5.74) is 12.7. The van der Waals surface area contributed by atoms with Crippen LogP contribution in [-0.2, 0) is 4.79 Å². The maximum atomic E-state index is 9.65. The zero-order chi connectivity index (χ0) is 25.8. The van der Waals surface area contributed by atoms with Gasteiger partial charge in [0.25, 0.3) is 0 Å². The zero-order valence-corrected chi connectivity index (χ0v) is 19.6. The number of carboxylic acids is 1. The smallest absolute Gasteiger partial charge is 0.322 e. The molecule has 0 aliphatic rings. The van der Waals surface area contributed by atoms with Crippen molar-refractivity contribution in [3.63, 3.8) is 0 Å². The summed E-state index contributed by atoms with van der Waals surface area (Å²) in [4.78, 5) is 9.65. The molecule has 0 saturated carbocycles. The zero-order valence-electron chi connectivity index (χ0n) is 19.6. The summed E-state index contributed by atoms with van der Waals surface area (Å²) in [5, 5.41) is 29.5. The lowest BCUT2D eigenvalue weighted by molar-refractivity contribution is -0.139. The molecule has 0 amide bonds. The molecule has 6 N–H and O–H groups in total. The number of aliphatic hydroxyl groups excluding tert-OH is 1. The topological polar surface area (TPSA) is 134 Å². The molecule has 5 aromatic carbocycles. The fraction of sp³-hybridized carbons (Fsp3) is 0.0690. The van der Waals surface area contributed by atoms with Crippen molar-refractivity contribution < 1.29 is 15.0 Å². The van der Waals surface area contributed by atoms with Crippen LogP contribution in [0.1, 0.15) is 0 Å². The number of nitrogens with two attached hydrogens (primary N) is 2. The molecule has 36 heavy (non-hydrogen) atoms. The first-order chi connectivity index (χ1) is 17.5. The van der Waals surface area contributed by atoms with Gasteiger partial charge in [-0.05, 0) is 35.0 Å². The van der Waals surface area contributed by atoms with Gasteiger partial charge in [0.2, 0.25) is 0 Å². The van der Waals surface area contributed by atoms with E-state index in [0.29, 0.717) is 0 Å². The second-order valence-corrected chi connectivity index (χ2v) is 7.73. The standard InChI is InChI=1S/C20H14N2.C6H7N.C3H7NO3/c1-3-11-17-15(7-1)9-5-13-19(17)21-22-20-14-6-10-16-8-2-4-12-18(16)20;7-6-4-2-1-3-5-6;4-2(1-5)3(6)7/h1-14H;1-5H,7H2;2,5H,1,4H2,(H,6,7)/t;;2-/m..0/s1. The third kappa shape index (κ3) is 7.46. The van der Waals surface area contributed by atoms with Crippen LogP contribution in [0.15, 0.2) is 125 Å². The number of fused-ring (bicyclic) bond motifs is 2. The van der Waals surface area contributed by atoms with E-state index in [9.17, 15) is 4.79 Å². The van der Waals surface area contributed by atoms with Crippen LogP contribution in [-0.4, -0.2) is 28.8 Å². The summed E-state index contributed by atoms with van der Waals surface area (Å²) in [5.74, 6) is -1.18. The van der Waals surface area contributed by atoms with Crippen molar-refractivity contribution in [1.82, 2.24) is 0 Å². The van der Waals surface area contributed by atoms with Crippen LogP contribution in [0.5, 0.6) is 0 Å². The van der Waals surface area contributed by atoms with Gasteiger partial charge in [0.1, 0.15) is 6.04 Å². The molecule has 0 aliphatic carbocycles. The van der Waals surface area contributed by atoms with Gasteiger partial charge in [-0.15, -0.1) is 10.2 Å². The van der Waals surface area contributed by atoms with Gasteiger partial charge in [-0.3, -0.25) is 4.79 Å². The number of rotatable bonds is 4. The van der Waals surface area contributed by atoms with Crippen molar-refractivity contribution in [3.8, 4) is 0 Å². The van der Waals surface area contributed by atoms with E-state index in [1.165, 1.54) is 10.8 Å². The molecule has 0 radical (unpaired) electrons. The number of azo groups is 1. The molecule has 1 atom stereocenters. The number of aliphatic hydroxyl groups is 1. The number of carbonyl (C=O) groups is 1. The highest BCUT2D eigenvalue weighted by Crippen LogP contribution is 2.30. The predicted octanol–water partition coefficient (Wildman–Crippen LogP) is 6.07. The molecule has 0 heterocycles. The highest BCUT2D eigenvalue weighted by atomic mass is 16.4. The van der Waals surface area contributed by atoms with E-state index in [0.717, 1.165) is 27.8 Å². The van der Waals surface area contributed by atoms with Gasteiger partial charge in [-0.25, -0.2) is 0 Å². The van der Waals surface area contributed by atoms with E-state index in [4.69, 9.17) is 21.7 Å². The quantitative estimate of drug-likeness (QED) is 0.183. The number of nitrogens with zero attached hydrogens (tertiary/aromatic N) is 2. The van der Waals surface area contributed by atoms with E-state index < -0.39 is 18.6 Å². The molecular weight excluding hydrogens is 452 g/mol. The lowest BCUT2D eigenvalue weighted by atomic mass is 10.1. The fourth-order valence-corrected chi connectivity index (χ4v) is 3.23. The summed E-state index contributed by atoms with van der Waals surface area (Å²) in [6, 6.07) is 37.0. The molecule has 7 heteroatoms. The highest BCUT2D eigenvalue weighted by molar-refractivity contribution is 5.93. The number of aliphatic carboxylic acids is 1. The minimum atomic E-state index is -1.18. The molecule has 0 aliphatic heterocycles. The summed E-state index contributed by atoms with van der Waals surface area (Å²) >= 11 is 0. The molecule has 0 aromatic heterocycles. The SMILES string of the molecule is N[C@@H](CO)C(=O)O.Nc1ccccc1.c1ccc2c(N=Nc3cccc4ccccc34)cccc2c1. The van der Waals surface area contributed by atoms with Gasteiger partial charge in [0.05, 0.1) is 18.0 Å². The van der Waals surface area contributed by atoms with Crippen LogP contribution in [0.4, 0.5) is 17.1 Å². The Morgan fingerprint density at radius 3 is 1.44 bits per heavy atom. The lowest BCUT2D eigenvalue weighted by Crippen LogP contribution is -2.33. The number of benzene rings is 5.